The van der Waals surface area contributed by atoms with Gasteiger partial charge in [0.2, 0.25) is 5.95 Å². The van der Waals surface area contributed by atoms with Crippen molar-refractivity contribution in [2.45, 2.75) is 18.8 Å². The summed E-state index contributed by atoms with van der Waals surface area (Å²) in [5.41, 5.74) is 3.05. The molecule has 0 saturated carbocycles. The molecule has 3 aromatic rings. The van der Waals surface area contributed by atoms with E-state index in [4.69, 9.17) is 21.1 Å². The summed E-state index contributed by atoms with van der Waals surface area (Å²) in [5, 5.41) is 0.431. The number of methoxy groups -OCH3 is 1. The van der Waals surface area contributed by atoms with Crippen molar-refractivity contribution >= 4 is 17.2 Å². The minimum absolute atomic E-state index is 0.186. The minimum Gasteiger partial charge on any atom is -0.374 e. The van der Waals surface area contributed by atoms with E-state index in [1.807, 2.05) is 30.5 Å². The van der Waals surface area contributed by atoms with Gasteiger partial charge in [-0.2, -0.15) is 4.39 Å². The van der Waals surface area contributed by atoms with Gasteiger partial charge in [-0.05, 0) is 30.3 Å². The zero-order valence-electron chi connectivity index (χ0n) is 15.5. The highest BCUT2D eigenvalue weighted by molar-refractivity contribution is 6.29. The molecule has 1 aliphatic rings. The molecule has 0 amide bonds. The number of allylic oxidation sites excluding steroid dienone is 2. The summed E-state index contributed by atoms with van der Waals surface area (Å²) in [5.74, 6) is 0.170. The third kappa shape index (κ3) is 4.59. The lowest BCUT2D eigenvalue weighted by molar-refractivity contribution is -0.0193. The Bertz CT molecular complexity index is 1050. The molecule has 148 valence electrons. The van der Waals surface area contributed by atoms with Crippen LogP contribution in [0, 0.1) is 5.95 Å². The Morgan fingerprint density at radius 2 is 2.07 bits per heavy atom. The van der Waals surface area contributed by atoms with E-state index in [9.17, 15) is 4.39 Å². The van der Waals surface area contributed by atoms with Crippen LogP contribution in [0.5, 0.6) is 0 Å². The van der Waals surface area contributed by atoms with Crippen LogP contribution in [0.1, 0.15) is 11.4 Å². The summed E-state index contributed by atoms with van der Waals surface area (Å²) in [6.07, 6.45) is 8.65. The van der Waals surface area contributed by atoms with Gasteiger partial charge in [0.05, 0.1) is 18.0 Å². The topological polar surface area (TPSA) is 72.9 Å². The van der Waals surface area contributed by atoms with Gasteiger partial charge in [0.25, 0.3) is 0 Å². The van der Waals surface area contributed by atoms with E-state index >= 15 is 0 Å². The molecule has 2 atom stereocenters. The normalized spacial score (nSPS) is 18.7. The lowest BCUT2D eigenvalue weighted by atomic mass is 10.0. The second kappa shape index (κ2) is 8.65. The van der Waals surface area contributed by atoms with Gasteiger partial charge in [-0.1, -0.05) is 29.8 Å². The summed E-state index contributed by atoms with van der Waals surface area (Å²) in [6.45, 7) is 0.186. The Kier molecular flexibility index (Phi) is 5.80. The molecule has 0 radical (unpaired) electrons. The Morgan fingerprint density at radius 1 is 1.17 bits per heavy atom. The van der Waals surface area contributed by atoms with Crippen LogP contribution in [0.15, 0.2) is 61.0 Å². The average Bonchev–Trinajstić information content (AvgIpc) is 3.23. The number of aromatic nitrogens is 4. The number of H-pyrrole nitrogens is 1. The smallest absolute Gasteiger partial charge is 0.213 e. The molecule has 1 aliphatic carbocycles. The average molecular weight is 413 g/mol. The van der Waals surface area contributed by atoms with Gasteiger partial charge >= 0.3 is 0 Å². The van der Waals surface area contributed by atoms with E-state index < -0.39 is 5.95 Å². The first kappa shape index (κ1) is 19.4. The van der Waals surface area contributed by atoms with Gasteiger partial charge in [0.1, 0.15) is 23.2 Å². The fourth-order valence-electron chi connectivity index (χ4n) is 3.00. The van der Waals surface area contributed by atoms with E-state index in [1.165, 1.54) is 6.07 Å². The lowest BCUT2D eigenvalue weighted by Crippen LogP contribution is -2.29. The molecular weight excluding hydrogens is 395 g/mol. The third-order valence-corrected chi connectivity index (χ3v) is 4.70. The summed E-state index contributed by atoms with van der Waals surface area (Å²) < 4.78 is 24.6. The molecule has 6 nitrogen and oxygen atoms in total. The Labute approximate surface area is 172 Å². The number of hydrogen-bond donors (Lipinski definition) is 1. The van der Waals surface area contributed by atoms with E-state index in [2.05, 4.69) is 19.9 Å². The molecule has 0 aromatic carbocycles. The predicted molar refractivity (Wildman–Crippen MR) is 108 cm³/mol. The molecule has 8 heteroatoms. The highest BCUT2D eigenvalue weighted by Gasteiger charge is 2.23. The second-order valence-corrected chi connectivity index (χ2v) is 6.80. The summed E-state index contributed by atoms with van der Waals surface area (Å²) in [4.78, 5) is 15.7. The van der Waals surface area contributed by atoms with Gasteiger partial charge in [0, 0.05) is 30.6 Å². The maximum Gasteiger partial charge on any atom is 0.213 e. The first-order chi connectivity index (χ1) is 14.1. The van der Waals surface area contributed by atoms with Crippen molar-refractivity contribution in [3.8, 4) is 11.4 Å². The largest absolute Gasteiger partial charge is 0.374 e. The first-order valence-corrected chi connectivity index (χ1v) is 9.34. The van der Waals surface area contributed by atoms with E-state index in [0.717, 1.165) is 16.8 Å². The van der Waals surface area contributed by atoms with Gasteiger partial charge in [-0.15, -0.1) is 0 Å². The van der Waals surface area contributed by atoms with Crippen molar-refractivity contribution in [1.82, 2.24) is 19.9 Å². The number of pyridine rings is 2. The van der Waals surface area contributed by atoms with E-state index in [1.54, 1.807) is 31.5 Å². The van der Waals surface area contributed by atoms with Gasteiger partial charge in [-0.3, -0.25) is 0 Å². The molecule has 3 aromatic heterocycles. The summed E-state index contributed by atoms with van der Waals surface area (Å²) in [7, 11) is 1.62. The number of aromatic amines is 1. The quantitative estimate of drug-likeness (QED) is 0.614. The first-order valence-electron chi connectivity index (χ1n) is 8.96. The Balaban J connectivity index is 1.46. The highest BCUT2D eigenvalue weighted by Crippen LogP contribution is 2.26. The Morgan fingerprint density at radius 3 is 2.83 bits per heavy atom. The van der Waals surface area contributed by atoms with Crippen LogP contribution >= 0.6 is 11.6 Å². The van der Waals surface area contributed by atoms with Gasteiger partial charge < -0.3 is 14.5 Å². The monoisotopic (exact) mass is 412 g/mol. The number of halogens is 2. The molecule has 0 saturated heterocycles. The minimum atomic E-state index is -0.527. The van der Waals surface area contributed by atoms with E-state index in [-0.39, 0.29) is 18.8 Å². The molecule has 2 unspecified atom stereocenters. The van der Waals surface area contributed by atoms with Crippen LogP contribution in [-0.4, -0.2) is 39.3 Å². The highest BCUT2D eigenvalue weighted by atomic mass is 35.5. The molecule has 4 rings (SSSR count). The molecule has 0 aliphatic heterocycles. The van der Waals surface area contributed by atoms with E-state index in [0.29, 0.717) is 16.7 Å². The zero-order valence-corrected chi connectivity index (χ0v) is 16.3. The van der Waals surface area contributed by atoms with Crippen LogP contribution in [0.2, 0.25) is 5.15 Å². The SMILES string of the molecule is COC1C=C(c2c[nH]c(-c3ccc(Cl)nc3)n2)C=CC1OCc1cccc(F)n1. The van der Waals surface area contributed by atoms with Crippen molar-refractivity contribution in [2.24, 2.45) is 0 Å². The van der Waals surface area contributed by atoms with Crippen molar-refractivity contribution in [1.29, 1.82) is 0 Å². The number of nitrogens with zero attached hydrogens (tertiary/aromatic N) is 3. The predicted octanol–water partition coefficient (Wildman–Crippen LogP) is 4.21. The maximum atomic E-state index is 13.2. The molecule has 29 heavy (non-hydrogen) atoms. The van der Waals surface area contributed by atoms with Crippen LogP contribution in [0.4, 0.5) is 4.39 Å². The zero-order chi connectivity index (χ0) is 20.2. The van der Waals surface area contributed by atoms with Crippen molar-refractivity contribution in [3.63, 3.8) is 0 Å². The standard InChI is InChI=1S/C21H18ClFN4O2/c1-28-18-9-13(5-7-17(18)29-12-15-3-2-4-20(23)26-15)16-11-25-21(27-16)14-6-8-19(22)24-10-14/h2-11,17-18H,12H2,1H3,(H,25,27). The Hall–Kier alpha value is -2.87. The van der Waals surface area contributed by atoms with Gasteiger partial charge in [-0.25, -0.2) is 15.0 Å². The lowest BCUT2D eigenvalue weighted by Gasteiger charge is -2.24. The number of rotatable bonds is 6. The number of hydrogen-bond acceptors (Lipinski definition) is 5. The summed E-state index contributed by atoms with van der Waals surface area (Å²) in [6, 6.07) is 8.19. The van der Waals surface area contributed by atoms with Crippen LogP contribution in [0.3, 0.4) is 0 Å². The molecular formula is C21H18ClFN4O2. The van der Waals surface area contributed by atoms with Crippen LogP contribution in [-0.2, 0) is 16.1 Å². The maximum absolute atomic E-state index is 13.2. The second-order valence-electron chi connectivity index (χ2n) is 6.41. The van der Waals surface area contributed by atoms with Crippen molar-refractivity contribution in [3.05, 3.63) is 83.4 Å². The summed E-state index contributed by atoms with van der Waals surface area (Å²) >= 11 is 5.84. The van der Waals surface area contributed by atoms with Gasteiger partial charge in [0.15, 0.2) is 0 Å². The fraction of sp³-hybridized carbons (Fsp3) is 0.190. The fourth-order valence-corrected chi connectivity index (χ4v) is 3.12. The van der Waals surface area contributed by atoms with Crippen molar-refractivity contribution in [2.75, 3.05) is 7.11 Å². The number of imidazole rings is 1. The number of ether oxygens (including phenoxy) is 2. The number of nitrogens with one attached hydrogen (secondary N) is 1. The van der Waals surface area contributed by atoms with Crippen LogP contribution in [0.25, 0.3) is 17.0 Å². The third-order valence-electron chi connectivity index (χ3n) is 4.48. The molecule has 3 heterocycles. The molecule has 0 fully saturated rings. The molecule has 0 spiro atoms. The molecule has 0 bridgehead atoms. The van der Waals surface area contributed by atoms with Crippen molar-refractivity contribution < 1.29 is 13.9 Å². The molecule has 1 N–H and O–H groups in total. The van der Waals surface area contributed by atoms with Crippen LogP contribution < -0.4 is 0 Å².